The Balaban J connectivity index is 0.00000230. The van der Waals surface area contributed by atoms with Gasteiger partial charge in [-0.1, -0.05) is 121 Å². The van der Waals surface area contributed by atoms with Crippen LogP contribution in [0.1, 0.15) is 11.1 Å². The summed E-state index contributed by atoms with van der Waals surface area (Å²) in [7, 11) is 0. The van der Waals surface area contributed by atoms with E-state index in [0.717, 1.165) is 24.3 Å². The Kier molecular flexibility index (Phi) is 9.59. The van der Waals surface area contributed by atoms with Gasteiger partial charge in [-0.3, -0.25) is 0 Å². The van der Waals surface area contributed by atoms with Gasteiger partial charge >= 0.3 is 12.4 Å². The Morgan fingerprint density at radius 2 is 0.571 bits per heavy atom. The molecule has 2 N–H and O–H groups in total. The number of terminal acetylenes is 1. The molecule has 8 heteroatoms. The van der Waals surface area contributed by atoms with Crippen LogP contribution in [0, 0.1) is 12.8 Å². The molecule has 246 valence electrons. The number of aromatic hydroxyl groups is 2. The van der Waals surface area contributed by atoms with Crippen LogP contribution in [0.4, 0.5) is 26.3 Å². The summed E-state index contributed by atoms with van der Waals surface area (Å²) in [6.45, 7) is 0. The van der Waals surface area contributed by atoms with E-state index in [0.29, 0.717) is 0 Å². The molecular weight excluding hydrogens is 638 g/mol. The van der Waals surface area contributed by atoms with E-state index >= 15 is 26.3 Å². The van der Waals surface area contributed by atoms with Crippen molar-refractivity contribution in [1.29, 1.82) is 0 Å². The molecule has 49 heavy (non-hydrogen) atoms. The lowest BCUT2D eigenvalue weighted by Crippen LogP contribution is -2.54. The van der Waals surface area contributed by atoms with E-state index in [4.69, 9.17) is 0 Å². The van der Waals surface area contributed by atoms with Gasteiger partial charge in [0, 0.05) is 22.3 Å². The fourth-order valence-corrected chi connectivity index (χ4v) is 6.04. The number of hydrogen-bond acceptors (Lipinski definition) is 2. The van der Waals surface area contributed by atoms with E-state index in [1.807, 2.05) is 0 Å². The first-order valence-electron chi connectivity index (χ1n) is 14.9. The Morgan fingerprint density at radius 1 is 0.367 bits per heavy atom. The topological polar surface area (TPSA) is 40.5 Å². The molecular formula is C41H28F6O2. The summed E-state index contributed by atoms with van der Waals surface area (Å²) >= 11 is 0. The summed E-state index contributed by atoms with van der Waals surface area (Å²) in [4.78, 5) is 0. The molecule has 0 fully saturated rings. The van der Waals surface area contributed by atoms with Crippen molar-refractivity contribution < 1.29 is 36.6 Å². The van der Waals surface area contributed by atoms with Crippen LogP contribution in [0.5, 0.6) is 11.5 Å². The summed E-state index contributed by atoms with van der Waals surface area (Å²) < 4.78 is 94.4. The molecule has 6 rings (SSSR count). The van der Waals surface area contributed by atoms with E-state index in [1.54, 1.807) is 72.8 Å². The molecule has 0 amide bonds. The van der Waals surface area contributed by atoms with Crippen LogP contribution in [0.3, 0.4) is 0 Å². The summed E-state index contributed by atoms with van der Waals surface area (Å²) in [6.07, 6.45) is -3.88. The second-order valence-corrected chi connectivity index (χ2v) is 11.0. The smallest absolute Gasteiger partial charge is 0.411 e. The number of rotatable bonds is 6. The number of phenols is 2. The van der Waals surface area contributed by atoms with Crippen LogP contribution in [0.15, 0.2) is 146 Å². The average molecular weight is 667 g/mol. The van der Waals surface area contributed by atoms with Gasteiger partial charge < -0.3 is 10.2 Å². The van der Waals surface area contributed by atoms with Gasteiger partial charge in [0.25, 0.3) is 0 Å². The van der Waals surface area contributed by atoms with Crippen molar-refractivity contribution in [3.05, 3.63) is 157 Å². The fraction of sp³-hybridized carbons (Fsp3) is 0.0732. The zero-order valence-corrected chi connectivity index (χ0v) is 25.7. The molecule has 0 aliphatic heterocycles. The lowest BCUT2D eigenvalue weighted by Gasteiger charge is -2.39. The number of alkyl halides is 6. The molecule has 0 spiro atoms. The van der Waals surface area contributed by atoms with Crippen LogP contribution in [-0.2, 0) is 5.41 Å². The van der Waals surface area contributed by atoms with Crippen LogP contribution < -0.4 is 0 Å². The Morgan fingerprint density at radius 3 is 0.755 bits per heavy atom. The predicted molar refractivity (Wildman–Crippen MR) is 181 cm³/mol. The monoisotopic (exact) mass is 666 g/mol. The van der Waals surface area contributed by atoms with Gasteiger partial charge in [-0.25, -0.2) is 0 Å². The van der Waals surface area contributed by atoms with Crippen LogP contribution in [0.25, 0.3) is 44.5 Å². The molecule has 6 aromatic carbocycles. The van der Waals surface area contributed by atoms with Gasteiger partial charge in [0.1, 0.15) is 11.5 Å². The van der Waals surface area contributed by atoms with Gasteiger partial charge in [0.2, 0.25) is 5.41 Å². The van der Waals surface area contributed by atoms with E-state index in [1.165, 1.54) is 48.5 Å². The van der Waals surface area contributed by atoms with Gasteiger partial charge in [0.05, 0.1) is 0 Å². The molecule has 0 aliphatic rings. The molecule has 0 aliphatic carbocycles. The zero-order valence-electron chi connectivity index (χ0n) is 25.7. The Bertz CT molecular complexity index is 1780. The third kappa shape index (κ3) is 6.23. The average Bonchev–Trinajstić information content (AvgIpc) is 3.11. The van der Waals surface area contributed by atoms with Gasteiger partial charge in [0.15, 0.2) is 0 Å². The summed E-state index contributed by atoms with van der Waals surface area (Å²) in [5.41, 5.74) is -6.79. The number of phenolic OH excluding ortho intramolecular Hbond substituents is 2. The van der Waals surface area contributed by atoms with Crippen molar-refractivity contribution in [1.82, 2.24) is 0 Å². The molecule has 0 saturated carbocycles. The van der Waals surface area contributed by atoms with Gasteiger partial charge in [-0.15, -0.1) is 12.8 Å². The van der Waals surface area contributed by atoms with Crippen molar-refractivity contribution in [2.24, 2.45) is 0 Å². The Labute approximate surface area is 279 Å². The van der Waals surface area contributed by atoms with Crippen LogP contribution >= 0.6 is 0 Å². The zero-order chi connectivity index (χ0) is 35.4. The fourth-order valence-electron chi connectivity index (χ4n) is 6.04. The van der Waals surface area contributed by atoms with Crippen LogP contribution in [-0.4, -0.2) is 22.6 Å². The van der Waals surface area contributed by atoms with Crippen molar-refractivity contribution in [2.45, 2.75) is 17.8 Å². The highest BCUT2D eigenvalue weighted by Crippen LogP contribution is 2.59. The molecule has 0 heterocycles. The molecule has 0 atom stereocenters. The first kappa shape index (κ1) is 34.4. The highest BCUT2D eigenvalue weighted by Gasteiger charge is 2.73. The summed E-state index contributed by atoms with van der Waals surface area (Å²) in [5, 5.41) is 22.8. The normalized spacial score (nSPS) is 11.8. The Hall–Kier alpha value is -5.94. The number of hydrogen-bond donors (Lipinski definition) is 2. The standard InChI is InChI=1S/C39H26F6O2.C2H2/c40-38(41,42)37(39(43,44)45,29-21-31(25-13-5-1-6-14-25)35(46)32(22-29)26-15-7-2-8-16-26)30-23-33(27-17-9-3-10-18-27)36(47)34(24-30)28-19-11-4-12-20-28;1-2/h1-24,46-47H;1-2H. The predicted octanol–water partition coefficient (Wildman–Crippen LogP) is 11.4. The molecule has 0 saturated heterocycles. The highest BCUT2D eigenvalue weighted by atomic mass is 19.4. The molecule has 0 aromatic heterocycles. The highest BCUT2D eigenvalue weighted by molar-refractivity contribution is 5.86. The number of halogens is 6. The maximum Gasteiger partial charge on any atom is 0.411 e. The molecule has 0 bridgehead atoms. The lowest BCUT2D eigenvalue weighted by molar-refractivity contribution is -0.288. The van der Waals surface area contributed by atoms with Gasteiger partial charge in [-0.2, -0.15) is 26.3 Å². The molecule has 2 nitrogen and oxygen atoms in total. The van der Waals surface area contributed by atoms with E-state index in [-0.39, 0.29) is 44.5 Å². The molecule has 6 aromatic rings. The maximum atomic E-state index is 15.7. The SMILES string of the molecule is C#C.Oc1c(-c2ccccc2)cc(C(c2cc(-c3ccccc3)c(O)c(-c3ccccc3)c2)(C(F)(F)F)C(F)(F)F)cc1-c1ccccc1. The quantitative estimate of drug-likeness (QED) is 0.137. The minimum Gasteiger partial charge on any atom is -0.507 e. The molecule has 0 unspecified atom stereocenters. The minimum atomic E-state index is -5.94. The van der Waals surface area contributed by atoms with E-state index in [2.05, 4.69) is 12.8 Å². The van der Waals surface area contributed by atoms with Crippen molar-refractivity contribution in [3.63, 3.8) is 0 Å². The first-order valence-corrected chi connectivity index (χ1v) is 14.9. The molecule has 0 radical (unpaired) electrons. The second kappa shape index (κ2) is 13.7. The van der Waals surface area contributed by atoms with E-state index in [9.17, 15) is 10.2 Å². The number of benzene rings is 6. The van der Waals surface area contributed by atoms with E-state index < -0.39 is 40.4 Å². The van der Waals surface area contributed by atoms with Crippen molar-refractivity contribution >= 4 is 0 Å². The summed E-state index contributed by atoms with van der Waals surface area (Å²) in [5.74, 6) is -0.935. The summed E-state index contributed by atoms with van der Waals surface area (Å²) in [6, 6.07) is 34.2. The van der Waals surface area contributed by atoms with Crippen LogP contribution in [0.2, 0.25) is 0 Å². The third-order valence-electron chi connectivity index (χ3n) is 8.28. The maximum absolute atomic E-state index is 15.7. The first-order chi connectivity index (χ1) is 23.4. The lowest BCUT2D eigenvalue weighted by atomic mass is 9.70. The largest absolute Gasteiger partial charge is 0.507 e. The van der Waals surface area contributed by atoms with Gasteiger partial charge in [-0.05, 0) is 57.6 Å². The third-order valence-corrected chi connectivity index (χ3v) is 8.28. The van der Waals surface area contributed by atoms with Crippen molar-refractivity contribution in [2.75, 3.05) is 0 Å². The minimum absolute atomic E-state index is 0.204. The van der Waals surface area contributed by atoms with Crippen molar-refractivity contribution in [3.8, 4) is 68.9 Å². The second-order valence-electron chi connectivity index (χ2n) is 11.0.